The minimum atomic E-state index is -0.900. The van der Waals surface area contributed by atoms with Crippen molar-refractivity contribution in [3.8, 4) is 11.5 Å². The highest BCUT2D eigenvalue weighted by Crippen LogP contribution is 2.25. The molecule has 0 aliphatic carbocycles. The van der Waals surface area contributed by atoms with Crippen LogP contribution in [0.2, 0.25) is 0 Å². The highest BCUT2D eigenvalue weighted by Gasteiger charge is 2.17. The summed E-state index contributed by atoms with van der Waals surface area (Å²) in [7, 11) is 1.34. The Bertz CT molecular complexity index is 659. The molecular formula is C14H9BrF2O3. The van der Waals surface area contributed by atoms with Crippen LogP contribution in [0.15, 0.2) is 40.9 Å². The summed E-state index contributed by atoms with van der Waals surface area (Å²) < 4.78 is 37.1. The number of carbonyl (C=O) groups is 1. The average molecular weight is 343 g/mol. The normalized spacial score (nSPS) is 10.2. The Kier molecular flexibility index (Phi) is 4.34. The zero-order valence-corrected chi connectivity index (χ0v) is 11.9. The molecule has 3 nitrogen and oxygen atoms in total. The maximum Gasteiger partial charge on any atom is 0.347 e. The van der Waals surface area contributed by atoms with Crippen LogP contribution in [0, 0.1) is 11.6 Å². The SMILES string of the molecule is COc1ccc(F)cc1C(=O)Oc1ccc(Br)cc1F. The van der Waals surface area contributed by atoms with Gasteiger partial charge in [0.1, 0.15) is 17.1 Å². The van der Waals surface area contributed by atoms with Crippen LogP contribution in [-0.4, -0.2) is 13.1 Å². The van der Waals surface area contributed by atoms with Crippen molar-refractivity contribution in [2.75, 3.05) is 7.11 Å². The predicted octanol–water partition coefficient (Wildman–Crippen LogP) is 3.96. The van der Waals surface area contributed by atoms with E-state index < -0.39 is 17.6 Å². The van der Waals surface area contributed by atoms with E-state index in [4.69, 9.17) is 9.47 Å². The minimum Gasteiger partial charge on any atom is -0.496 e. The van der Waals surface area contributed by atoms with Crippen molar-refractivity contribution < 1.29 is 23.0 Å². The third-order valence-corrected chi connectivity index (χ3v) is 2.97. The van der Waals surface area contributed by atoms with Crippen LogP contribution in [0.1, 0.15) is 10.4 Å². The summed E-state index contributed by atoms with van der Waals surface area (Å²) >= 11 is 3.09. The number of ether oxygens (including phenoxy) is 2. The summed E-state index contributed by atoms with van der Waals surface area (Å²) in [4.78, 5) is 11.9. The van der Waals surface area contributed by atoms with Crippen LogP contribution in [0.4, 0.5) is 8.78 Å². The van der Waals surface area contributed by atoms with Gasteiger partial charge in [-0.3, -0.25) is 0 Å². The molecule has 6 heteroatoms. The molecule has 2 rings (SSSR count). The summed E-state index contributed by atoms with van der Waals surface area (Å²) in [6.07, 6.45) is 0. The van der Waals surface area contributed by atoms with Gasteiger partial charge in [-0.15, -0.1) is 0 Å². The summed E-state index contributed by atoms with van der Waals surface area (Å²) in [6.45, 7) is 0. The minimum absolute atomic E-state index is 0.116. The molecule has 0 N–H and O–H groups in total. The molecule has 2 aromatic carbocycles. The first-order chi connectivity index (χ1) is 9.51. The lowest BCUT2D eigenvalue weighted by Crippen LogP contribution is -2.11. The van der Waals surface area contributed by atoms with E-state index >= 15 is 0 Å². The highest BCUT2D eigenvalue weighted by atomic mass is 79.9. The van der Waals surface area contributed by atoms with Crippen LogP contribution in [0.5, 0.6) is 11.5 Å². The Morgan fingerprint density at radius 3 is 2.45 bits per heavy atom. The first-order valence-corrected chi connectivity index (χ1v) is 6.31. The standard InChI is InChI=1S/C14H9BrF2O3/c1-19-12-5-3-9(16)7-10(12)14(18)20-13-4-2-8(15)6-11(13)17/h2-7H,1H3. The van der Waals surface area contributed by atoms with Crippen LogP contribution >= 0.6 is 15.9 Å². The second-order valence-corrected chi connectivity index (χ2v) is 4.72. The van der Waals surface area contributed by atoms with Gasteiger partial charge in [-0.1, -0.05) is 15.9 Å². The average Bonchev–Trinajstić information content (AvgIpc) is 2.41. The number of methoxy groups -OCH3 is 1. The highest BCUT2D eigenvalue weighted by molar-refractivity contribution is 9.10. The van der Waals surface area contributed by atoms with Gasteiger partial charge in [0.15, 0.2) is 11.6 Å². The zero-order chi connectivity index (χ0) is 14.7. The van der Waals surface area contributed by atoms with Gasteiger partial charge in [0.25, 0.3) is 0 Å². The van der Waals surface area contributed by atoms with E-state index in [1.807, 2.05) is 0 Å². The third-order valence-electron chi connectivity index (χ3n) is 2.48. The Labute approximate surface area is 122 Å². The van der Waals surface area contributed by atoms with Crippen molar-refractivity contribution in [1.29, 1.82) is 0 Å². The molecule has 0 unspecified atom stereocenters. The van der Waals surface area contributed by atoms with Crippen LogP contribution < -0.4 is 9.47 Å². The molecule has 0 aliphatic heterocycles. The van der Waals surface area contributed by atoms with Crippen LogP contribution in [-0.2, 0) is 0 Å². The lowest BCUT2D eigenvalue weighted by molar-refractivity contribution is 0.0723. The largest absolute Gasteiger partial charge is 0.496 e. The molecule has 0 spiro atoms. The molecule has 0 saturated heterocycles. The molecule has 0 radical (unpaired) electrons. The molecule has 0 amide bonds. The number of esters is 1. The summed E-state index contributed by atoms with van der Waals surface area (Å²) in [5, 5.41) is 0. The van der Waals surface area contributed by atoms with E-state index in [1.165, 1.54) is 25.3 Å². The summed E-state index contributed by atoms with van der Waals surface area (Å²) in [5.74, 6) is -2.32. The lowest BCUT2D eigenvalue weighted by Gasteiger charge is -2.09. The molecule has 0 saturated carbocycles. The third kappa shape index (κ3) is 3.14. The number of halogens is 3. The second kappa shape index (κ2) is 6.00. The van der Waals surface area contributed by atoms with Gasteiger partial charge in [-0.05, 0) is 36.4 Å². The van der Waals surface area contributed by atoms with Gasteiger partial charge < -0.3 is 9.47 Å². The first-order valence-electron chi connectivity index (χ1n) is 5.52. The number of benzene rings is 2. The van der Waals surface area contributed by atoms with Gasteiger partial charge in [0.05, 0.1) is 7.11 Å². The van der Waals surface area contributed by atoms with Gasteiger partial charge in [-0.25, -0.2) is 13.6 Å². The number of carbonyl (C=O) groups excluding carboxylic acids is 1. The number of hydrogen-bond donors (Lipinski definition) is 0. The van der Waals surface area contributed by atoms with Crippen molar-refractivity contribution >= 4 is 21.9 Å². The quantitative estimate of drug-likeness (QED) is 0.625. The summed E-state index contributed by atoms with van der Waals surface area (Å²) in [6, 6.07) is 7.39. The van der Waals surface area contributed by atoms with E-state index in [0.29, 0.717) is 4.47 Å². The van der Waals surface area contributed by atoms with Gasteiger partial charge >= 0.3 is 5.97 Å². The molecule has 20 heavy (non-hydrogen) atoms. The molecule has 0 heterocycles. The number of hydrogen-bond acceptors (Lipinski definition) is 3. The monoisotopic (exact) mass is 342 g/mol. The molecule has 0 bridgehead atoms. The molecule has 104 valence electrons. The van der Waals surface area contributed by atoms with E-state index in [0.717, 1.165) is 18.2 Å². The molecule has 2 aromatic rings. The molecule has 0 aromatic heterocycles. The van der Waals surface area contributed by atoms with Gasteiger partial charge in [-0.2, -0.15) is 0 Å². The van der Waals surface area contributed by atoms with Crippen molar-refractivity contribution in [2.45, 2.75) is 0 Å². The van der Waals surface area contributed by atoms with E-state index in [9.17, 15) is 13.6 Å². The van der Waals surface area contributed by atoms with Crippen molar-refractivity contribution in [2.24, 2.45) is 0 Å². The van der Waals surface area contributed by atoms with Crippen molar-refractivity contribution in [3.63, 3.8) is 0 Å². The van der Waals surface area contributed by atoms with Gasteiger partial charge in [0, 0.05) is 4.47 Å². The number of rotatable bonds is 3. The fourth-order valence-corrected chi connectivity index (χ4v) is 1.89. The maximum atomic E-state index is 13.6. The summed E-state index contributed by atoms with van der Waals surface area (Å²) in [5.41, 5.74) is -0.116. The van der Waals surface area contributed by atoms with Gasteiger partial charge in [0.2, 0.25) is 0 Å². The van der Waals surface area contributed by atoms with E-state index in [-0.39, 0.29) is 17.1 Å². The van der Waals surface area contributed by atoms with E-state index in [2.05, 4.69) is 15.9 Å². The first kappa shape index (κ1) is 14.5. The Morgan fingerprint density at radius 1 is 1.10 bits per heavy atom. The molecule has 0 atom stereocenters. The Morgan fingerprint density at radius 2 is 1.80 bits per heavy atom. The molecule has 0 aliphatic rings. The smallest absolute Gasteiger partial charge is 0.347 e. The van der Waals surface area contributed by atoms with Crippen LogP contribution in [0.25, 0.3) is 0 Å². The second-order valence-electron chi connectivity index (χ2n) is 3.81. The van der Waals surface area contributed by atoms with Crippen molar-refractivity contribution in [1.82, 2.24) is 0 Å². The Balaban J connectivity index is 2.30. The fraction of sp³-hybridized carbons (Fsp3) is 0.0714. The molecular weight excluding hydrogens is 334 g/mol. The Hall–Kier alpha value is -1.95. The van der Waals surface area contributed by atoms with E-state index in [1.54, 1.807) is 0 Å². The maximum absolute atomic E-state index is 13.6. The predicted molar refractivity (Wildman–Crippen MR) is 72.0 cm³/mol. The zero-order valence-electron chi connectivity index (χ0n) is 10.3. The molecule has 0 fully saturated rings. The fourth-order valence-electron chi connectivity index (χ4n) is 1.55. The van der Waals surface area contributed by atoms with Crippen molar-refractivity contribution in [3.05, 3.63) is 58.1 Å². The van der Waals surface area contributed by atoms with Crippen LogP contribution in [0.3, 0.4) is 0 Å². The topological polar surface area (TPSA) is 35.5 Å². The lowest BCUT2D eigenvalue weighted by atomic mass is 10.2.